The van der Waals surface area contributed by atoms with Crippen LogP contribution in [0, 0.1) is 12.7 Å². The molecule has 0 amide bonds. The number of nitrogen functional groups attached to an aromatic ring is 1. The molecule has 0 fully saturated rings. The predicted molar refractivity (Wildman–Crippen MR) is 82.3 cm³/mol. The molecule has 0 radical (unpaired) electrons. The summed E-state index contributed by atoms with van der Waals surface area (Å²) in [6, 6.07) is 8.03. The van der Waals surface area contributed by atoms with Gasteiger partial charge in [-0.2, -0.15) is 0 Å². The van der Waals surface area contributed by atoms with Crippen molar-refractivity contribution in [1.82, 2.24) is 4.98 Å². The van der Waals surface area contributed by atoms with E-state index in [2.05, 4.69) is 4.98 Å². The molecule has 0 atom stereocenters. The van der Waals surface area contributed by atoms with Crippen molar-refractivity contribution in [2.24, 2.45) is 0 Å². The fourth-order valence-corrected chi connectivity index (χ4v) is 2.56. The van der Waals surface area contributed by atoms with Gasteiger partial charge in [0.1, 0.15) is 5.82 Å². The van der Waals surface area contributed by atoms with Crippen LogP contribution < -0.4 is 5.73 Å². The maximum absolute atomic E-state index is 14.2. The van der Waals surface area contributed by atoms with Gasteiger partial charge in [0.05, 0.1) is 5.56 Å². The lowest BCUT2D eigenvalue weighted by Crippen LogP contribution is -2.06. The van der Waals surface area contributed by atoms with E-state index >= 15 is 0 Å². The van der Waals surface area contributed by atoms with Gasteiger partial charge in [0, 0.05) is 33.4 Å². The monoisotopic (exact) mass is 302 g/mol. The van der Waals surface area contributed by atoms with Crippen molar-refractivity contribution in [2.75, 3.05) is 5.73 Å². The number of aromatic nitrogens is 1. The van der Waals surface area contributed by atoms with Gasteiger partial charge in [0.2, 0.25) is 0 Å². The fraction of sp³-hybridized carbons (Fsp3) is 0.0625. The Morgan fingerprint density at radius 1 is 1.24 bits per heavy atom. The highest BCUT2D eigenvalue weighted by Gasteiger charge is 2.19. The summed E-state index contributed by atoms with van der Waals surface area (Å²) in [5.74, 6) is -0.970. The Labute approximate surface area is 125 Å². The largest absolute Gasteiger partial charge is 0.399 e. The second kappa shape index (κ2) is 4.90. The van der Waals surface area contributed by atoms with E-state index in [0.29, 0.717) is 27.2 Å². The second-order valence-electron chi connectivity index (χ2n) is 4.92. The lowest BCUT2D eigenvalue weighted by molar-refractivity contribution is 0.103. The van der Waals surface area contributed by atoms with Crippen molar-refractivity contribution >= 4 is 34.0 Å². The Hall–Kier alpha value is -2.33. The first-order valence-electron chi connectivity index (χ1n) is 6.34. The lowest BCUT2D eigenvalue weighted by atomic mass is 9.99. The van der Waals surface area contributed by atoms with Crippen LogP contribution in [-0.2, 0) is 0 Å². The summed E-state index contributed by atoms with van der Waals surface area (Å²) in [4.78, 5) is 15.6. The van der Waals surface area contributed by atoms with E-state index in [1.165, 1.54) is 12.1 Å². The molecule has 0 saturated carbocycles. The van der Waals surface area contributed by atoms with Gasteiger partial charge in [-0.25, -0.2) is 4.39 Å². The first-order chi connectivity index (χ1) is 9.97. The zero-order valence-electron chi connectivity index (χ0n) is 11.2. The number of anilines is 1. The Morgan fingerprint density at radius 2 is 2.00 bits per heavy atom. The lowest BCUT2D eigenvalue weighted by Gasteiger charge is -2.06. The van der Waals surface area contributed by atoms with Crippen LogP contribution in [0.4, 0.5) is 10.1 Å². The molecule has 3 rings (SSSR count). The van der Waals surface area contributed by atoms with Crippen LogP contribution in [0.1, 0.15) is 21.5 Å². The number of fused-ring (bicyclic) bond motifs is 1. The molecular weight excluding hydrogens is 291 g/mol. The van der Waals surface area contributed by atoms with Crippen molar-refractivity contribution in [3.8, 4) is 0 Å². The Bertz CT molecular complexity index is 870. The van der Waals surface area contributed by atoms with Gasteiger partial charge >= 0.3 is 0 Å². The molecule has 0 bridgehead atoms. The highest BCUT2D eigenvalue weighted by molar-refractivity contribution is 6.31. The molecular formula is C16H12ClFN2O. The average Bonchev–Trinajstić information content (AvgIpc) is 2.85. The van der Waals surface area contributed by atoms with Gasteiger partial charge in [-0.3, -0.25) is 4.79 Å². The summed E-state index contributed by atoms with van der Waals surface area (Å²) in [6.07, 6.45) is 1.56. The number of hydrogen-bond donors (Lipinski definition) is 2. The van der Waals surface area contributed by atoms with E-state index in [0.717, 1.165) is 5.52 Å². The zero-order valence-corrected chi connectivity index (χ0v) is 12.0. The van der Waals surface area contributed by atoms with E-state index < -0.39 is 11.6 Å². The molecule has 3 aromatic rings. The minimum atomic E-state index is -0.550. The maximum Gasteiger partial charge on any atom is 0.198 e. The fourth-order valence-electron chi connectivity index (χ4n) is 2.39. The number of aromatic amines is 1. The third kappa shape index (κ3) is 2.28. The predicted octanol–water partition coefficient (Wildman–Crippen LogP) is 4.08. The van der Waals surface area contributed by atoms with Crippen molar-refractivity contribution in [1.29, 1.82) is 0 Å². The van der Waals surface area contributed by atoms with Gasteiger partial charge in [-0.1, -0.05) is 11.6 Å². The van der Waals surface area contributed by atoms with Crippen molar-refractivity contribution in [2.45, 2.75) is 6.92 Å². The molecule has 0 saturated heterocycles. The Balaban J connectivity index is 2.19. The minimum absolute atomic E-state index is 0.0339. The Kier molecular flexibility index (Phi) is 3.18. The molecule has 0 aliphatic heterocycles. The minimum Gasteiger partial charge on any atom is -0.399 e. The first-order valence-corrected chi connectivity index (χ1v) is 6.72. The maximum atomic E-state index is 14.2. The van der Waals surface area contributed by atoms with Crippen LogP contribution in [0.5, 0.6) is 0 Å². The number of H-pyrrole nitrogens is 1. The van der Waals surface area contributed by atoms with Crippen LogP contribution in [0.15, 0.2) is 36.5 Å². The van der Waals surface area contributed by atoms with Crippen LogP contribution in [-0.4, -0.2) is 10.8 Å². The highest BCUT2D eigenvalue weighted by Crippen LogP contribution is 2.26. The quantitative estimate of drug-likeness (QED) is 0.553. The van der Waals surface area contributed by atoms with Gasteiger partial charge in [0.25, 0.3) is 0 Å². The van der Waals surface area contributed by atoms with Crippen LogP contribution in [0.25, 0.3) is 10.9 Å². The molecule has 106 valence electrons. The molecule has 0 aliphatic rings. The SMILES string of the molecule is Cc1cc(N)cc(C(=O)c2c[nH]c3ccc(Cl)cc23)c1F. The summed E-state index contributed by atoms with van der Waals surface area (Å²) >= 11 is 5.96. The van der Waals surface area contributed by atoms with E-state index in [1.807, 2.05) is 0 Å². The smallest absolute Gasteiger partial charge is 0.198 e. The van der Waals surface area contributed by atoms with Crippen molar-refractivity contribution in [3.05, 3.63) is 64.1 Å². The van der Waals surface area contributed by atoms with Crippen LogP contribution >= 0.6 is 11.6 Å². The number of halogens is 2. The van der Waals surface area contributed by atoms with Crippen LogP contribution in [0.2, 0.25) is 5.02 Å². The molecule has 21 heavy (non-hydrogen) atoms. The third-order valence-electron chi connectivity index (χ3n) is 3.41. The number of aryl methyl sites for hydroxylation is 1. The van der Waals surface area contributed by atoms with Crippen LogP contribution in [0.3, 0.4) is 0 Å². The number of rotatable bonds is 2. The number of nitrogens with one attached hydrogen (secondary N) is 1. The summed E-state index contributed by atoms with van der Waals surface area (Å²) < 4.78 is 14.2. The van der Waals surface area contributed by atoms with Gasteiger partial charge < -0.3 is 10.7 Å². The molecule has 5 heteroatoms. The molecule has 1 heterocycles. The molecule has 1 aromatic heterocycles. The topological polar surface area (TPSA) is 58.9 Å². The van der Waals surface area contributed by atoms with E-state index in [-0.39, 0.29) is 5.56 Å². The Morgan fingerprint density at radius 3 is 2.76 bits per heavy atom. The normalized spacial score (nSPS) is 11.0. The van der Waals surface area contributed by atoms with Gasteiger partial charge in [0.15, 0.2) is 5.78 Å². The number of ketones is 1. The number of carbonyl (C=O) groups is 1. The molecule has 0 unspecified atom stereocenters. The van der Waals surface area contributed by atoms with E-state index in [1.54, 1.807) is 31.3 Å². The summed E-state index contributed by atoms with van der Waals surface area (Å²) in [6.45, 7) is 1.58. The zero-order chi connectivity index (χ0) is 15.1. The number of hydrogen-bond acceptors (Lipinski definition) is 2. The summed E-state index contributed by atoms with van der Waals surface area (Å²) in [5.41, 5.74) is 7.51. The van der Waals surface area contributed by atoms with E-state index in [4.69, 9.17) is 17.3 Å². The van der Waals surface area contributed by atoms with Gasteiger partial charge in [-0.15, -0.1) is 0 Å². The number of carbonyl (C=O) groups excluding carboxylic acids is 1. The molecule has 0 spiro atoms. The highest BCUT2D eigenvalue weighted by atomic mass is 35.5. The van der Waals surface area contributed by atoms with Crippen molar-refractivity contribution < 1.29 is 9.18 Å². The van der Waals surface area contributed by atoms with Crippen molar-refractivity contribution in [3.63, 3.8) is 0 Å². The summed E-state index contributed by atoms with van der Waals surface area (Å²) in [5, 5.41) is 1.17. The van der Waals surface area contributed by atoms with E-state index in [9.17, 15) is 9.18 Å². The first kappa shape index (κ1) is 13.6. The molecule has 2 aromatic carbocycles. The molecule has 3 N–H and O–H groups in total. The molecule has 3 nitrogen and oxygen atoms in total. The number of nitrogens with two attached hydrogens (primary N) is 1. The van der Waals surface area contributed by atoms with Gasteiger partial charge in [-0.05, 0) is 42.8 Å². The standard InChI is InChI=1S/C16H12ClFN2O/c1-8-4-10(19)6-12(15(8)18)16(21)13-7-20-14-3-2-9(17)5-11(13)14/h2-7,20H,19H2,1H3. The third-order valence-corrected chi connectivity index (χ3v) is 3.65. The molecule has 0 aliphatic carbocycles. The number of benzene rings is 2. The second-order valence-corrected chi connectivity index (χ2v) is 5.36. The summed E-state index contributed by atoms with van der Waals surface area (Å²) in [7, 11) is 0. The average molecular weight is 303 g/mol.